The summed E-state index contributed by atoms with van der Waals surface area (Å²) in [6, 6.07) is 4.03. The van der Waals surface area contributed by atoms with Gasteiger partial charge in [0.15, 0.2) is 0 Å². The normalized spacial score (nSPS) is 21.4. The molecule has 114 valence electrons. The largest absolute Gasteiger partial charge is 0.496 e. The van der Waals surface area contributed by atoms with Crippen molar-refractivity contribution in [2.75, 3.05) is 26.7 Å². The third-order valence-electron chi connectivity index (χ3n) is 3.96. The van der Waals surface area contributed by atoms with Crippen LogP contribution in [-0.4, -0.2) is 42.5 Å². The van der Waals surface area contributed by atoms with Crippen LogP contribution in [0.4, 0.5) is 5.69 Å². The summed E-state index contributed by atoms with van der Waals surface area (Å²) in [6.07, 6.45) is 0.826. The van der Waals surface area contributed by atoms with Crippen LogP contribution >= 0.6 is 0 Å². The zero-order chi connectivity index (χ0) is 15.6. The number of rotatable bonds is 4. The molecule has 7 heteroatoms. The van der Waals surface area contributed by atoms with E-state index in [9.17, 15) is 14.9 Å². The zero-order valence-corrected chi connectivity index (χ0v) is 12.2. The van der Waals surface area contributed by atoms with E-state index in [1.807, 2.05) is 6.92 Å². The van der Waals surface area contributed by atoms with Crippen molar-refractivity contribution >= 4 is 11.6 Å². The van der Waals surface area contributed by atoms with Crippen molar-refractivity contribution in [3.05, 3.63) is 33.9 Å². The summed E-state index contributed by atoms with van der Waals surface area (Å²) in [5.41, 5.74) is 5.73. The van der Waals surface area contributed by atoms with Gasteiger partial charge < -0.3 is 15.4 Å². The number of carbonyl (C=O) groups is 1. The smallest absolute Gasteiger partial charge is 0.270 e. The Morgan fingerprint density at radius 3 is 2.81 bits per heavy atom. The number of ether oxygens (including phenoxy) is 1. The van der Waals surface area contributed by atoms with E-state index in [2.05, 4.69) is 0 Å². The van der Waals surface area contributed by atoms with E-state index in [1.54, 1.807) is 4.90 Å². The van der Waals surface area contributed by atoms with Crippen molar-refractivity contribution in [1.29, 1.82) is 0 Å². The van der Waals surface area contributed by atoms with Crippen molar-refractivity contribution < 1.29 is 14.5 Å². The predicted molar refractivity (Wildman–Crippen MR) is 77.3 cm³/mol. The summed E-state index contributed by atoms with van der Waals surface area (Å²) in [7, 11) is 1.44. The molecule has 0 aromatic heterocycles. The molecule has 0 spiro atoms. The van der Waals surface area contributed by atoms with Crippen molar-refractivity contribution in [2.24, 2.45) is 11.1 Å². The average Bonchev–Trinajstić information content (AvgIpc) is 2.89. The summed E-state index contributed by atoms with van der Waals surface area (Å²) in [5, 5.41) is 10.9. The Morgan fingerprint density at radius 2 is 2.29 bits per heavy atom. The van der Waals surface area contributed by atoms with Crippen LogP contribution in [0.3, 0.4) is 0 Å². The number of benzene rings is 1. The summed E-state index contributed by atoms with van der Waals surface area (Å²) < 4.78 is 5.14. The van der Waals surface area contributed by atoms with Crippen LogP contribution in [0.2, 0.25) is 0 Å². The number of amides is 1. The first-order valence-electron chi connectivity index (χ1n) is 6.72. The Hall–Kier alpha value is -2.15. The molecule has 1 amide bonds. The quantitative estimate of drug-likeness (QED) is 0.668. The molecule has 1 aliphatic rings. The Labute approximate surface area is 122 Å². The van der Waals surface area contributed by atoms with Gasteiger partial charge in [0.2, 0.25) is 0 Å². The minimum Gasteiger partial charge on any atom is -0.496 e. The number of nitro groups is 1. The van der Waals surface area contributed by atoms with Gasteiger partial charge >= 0.3 is 0 Å². The van der Waals surface area contributed by atoms with E-state index in [-0.39, 0.29) is 22.6 Å². The first-order valence-corrected chi connectivity index (χ1v) is 6.72. The Balaban J connectivity index is 2.30. The van der Waals surface area contributed by atoms with Gasteiger partial charge in [-0.3, -0.25) is 14.9 Å². The highest BCUT2D eigenvalue weighted by Crippen LogP contribution is 2.32. The fourth-order valence-corrected chi connectivity index (χ4v) is 2.51. The van der Waals surface area contributed by atoms with Crippen LogP contribution in [0.15, 0.2) is 18.2 Å². The van der Waals surface area contributed by atoms with Crippen LogP contribution in [-0.2, 0) is 0 Å². The lowest BCUT2D eigenvalue weighted by Crippen LogP contribution is -2.34. The lowest BCUT2D eigenvalue weighted by atomic mass is 9.90. The van der Waals surface area contributed by atoms with Gasteiger partial charge in [-0.05, 0) is 24.4 Å². The topological polar surface area (TPSA) is 98.7 Å². The maximum absolute atomic E-state index is 12.6. The second-order valence-electron chi connectivity index (χ2n) is 5.63. The number of non-ortho nitro benzene ring substituents is 1. The summed E-state index contributed by atoms with van der Waals surface area (Å²) >= 11 is 0. The molecular formula is C14H19N3O4. The second-order valence-corrected chi connectivity index (χ2v) is 5.63. The molecule has 1 heterocycles. The van der Waals surface area contributed by atoms with Gasteiger partial charge in [-0.1, -0.05) is 6.92 Å². The molecule has 2 rings (SSSR count). The molecule has 0 saturated carbocycles. The van der Waals surface area contributed by atoms with Crippen LogP contribution in [0.25, 0.3) is 0 Å². The fourth-order valence-electron chi connectivity index (χ4n) is 2.51. The van der Waals surface area contributed by atoms with Gasteiger partial charge in [0, 0.05) is 25.2 Å². The highest BCUT2D eigenvalue weighted by Gasteiger charge is 2.36. The minimum absolute atomic E-state index is 0.0936. The minimum atomic E-state index is -0.524. The van der Waals surface area contributed by atoms with Crippen molar-refractivity contribution in [2.45, 2.75) is 13.3 Å². The molecule has 21 heavy (non-hydrogen) atoms. The number of nitrogens with two attached hydrogens (primary N) is 1. The molecule has 0 bridgehead atoms. The number of methoxy groups -OCH3 is 1. The Kier molecular flexibility index (Phi) is 4.13. The number of carbonyl (C=O) groups excluding carboxylic acids is 1. The van der Waals surface area contributed by atoms with E-state index in [0.717, 1.165) is 6.42 Å². The molecular weight excluding hydrogens is 274 g/mol. The first-order chi connectivity index (χ1) is 9.90. The maximum Gasteiger partial charge on any atom is 0.270 e. The number of hydrogen-bond acceptors (Lipinski definition) is 5. The molecule has 1 fully saturated rings. The fraction of sp³-hybridized carbons (Fsp3) is 0.500. The van der Waals surface area contributed by atoms with Crippen LogP contribution < -0.4 is 10.5 Å². The van der Waals surface area contributed by atoms with E-state index < -0.39 is 4.92 Å². The molecule has 0 radical (unpaired) electrons. The molecule has 7 nitrogen and oxygen atoms in total. The average molecular weight is 293 g/mol. The van der Waals surface area contributed by atoms with E-state index in [4.69, 9.17) is 10.5 Å². The maximum atomic E-state index is 12.6. The molecule has 1 saturated heterocycles. The van der Waals surface area contributed by atoms with E-state index in [0.29, 0.717) is 25.4 Å². The van der Waals surface area contributed by atoms with Crippen LogP contribution in [0.1, 0.15) is 23.7 Å². The van der Waals surface area contributed by atoms with E-state index in [1.165, 1.54) is 25.3 Å². The highest BCUT2D eigenvalue weighted by atomic mass is 16.6. The molecule has 1 unspecified atom stereocenters. The second kappa shape index (κ2) is 5.69. The lowest BCUT2D eigenvalue weighted by Gasteiger charge is -2.23. The van der Waals surface area contributed by atoms with Gasteiger partial charge in [-0.15, -0.1) is 0 Å². The first kappa shape index (κ1) is 15.2. The summed E-state index contributed by atoms with van der Waals surface area (Å²) in [5.74, 6) is 0.0830. The molecule has 1 aromatic rings. The lowest BCUT2D eigenvalue weighted by molar-refractivity contribution is -0.384. The van der Waals surface area contributed by atoms with Gasteiger partial charge in [-0.25, -0.2) is 0 Å². The summed E-state index contributed by atoms with van der Waals surface area (Å²) in [6.45, 7) is 3.68. The van der Waals surface area contributed by atoms with Crippen molar-refractivity contribution in [3.8, 4) is 5.75 Å². The Morgan fingerprint density at radius 1 is 1.57 bits per heavy atom. The summed E-state index contributed by atoms with van der Waals surface area (Å²) in [4.78, 5) is 24.6. The third-order valence-corrected chi connectivity index (χ3v) is 3.96. The Bertz CT molecular complexity index is 575. The SMILES string of the molecule is COc1ccc([N+](=O)[O-])cc1C(=O)N1CCC(C)(CN)C1. The zero-order valence-electron chi connectivity index (χ0n) is 12.2. The van der Waals surface area contributed by atoms with Crippen molar-refractivity contribution in [3.63, 3.8) is 0 Å². The van der Waals surface area contributed by atoms with Gasteiger partial charge in [-0.2, -0.15) is 0 Å². The molecule has 1 aliphatic heterocycles. The molecule has 1 atom stereocenters. The van der Waals surface area contributed by atoms with Gasteiger partial charge in [0.1, 0.15) is 5.75 Å². The number of nitro benzene ring substituents is 1. The predicted octanol–water partition coefficient (Wildman–Crippen LogP) is 1.41. The molecule has 0 aliphatic carbocycles. The van der Waals surface area contributed by atoms with Gasteiger partial charge in [0.25, 0.3) is 11.6 Å². The molecule has 2 N–H and O–H groups in total. The van der Waals surface area contributed by atoms with Crippen LogP contribution in [0.5, 0.6) is 5.75 Å². The molecule has 1 aromatic carbocycles. The number of hydrogen-bond donors (Lipinski definition) is 1. The van der Waals surface area contributed by atoms with E-state index >= 15 is 0 Å². The number of nitrogens with zero attached hydrogens (tertiary/aromatic N) is 2. The van der Waals surface area contributed by atoms with Gasteiger partial charge in [0.05, 0.1) is 17.6 Å². The van der Waals surface area contributed by atoms with Crippen LogP contribution in [0, 0.1) is 15.5 Å². The number of likely N-dealkylation sites (tertiary alicyclic amines) is 1. The monoisotopic (exact) mass is 293 g/mol. The third kappa shape index (κ3) is 2.97. The standard InChI is InChI=1S/C14H19N3O4/c1-14(8-15)5-6-16(9-14)13(18)11-7-10(17(19)20)3-4-12(11)21-2/h3-4,7H,5-6,8-9,15H2,1-2H3. The van der Waals surface area contributed by atoms with Crippen molar-refractivity contribution in [1.82, 2.24) is 4.90 Å². The highest BCUT2D eigenvalue weighted by molar-refractivity contribution is 5.97.